The van der Waals surface area contributed by atoms with Crippen LogP contribution in [0.4, 0.5) is 19.6 Å². The number of hydrogen-bond acceptors (Lipinski definition) is 6. The van der Waals surface area contributed by atoms with Crippen molar-refractivity contribution in [3.05, 3.63) is 29.8 Å². The largest absolute Gasteiger partial charge is 0.357 e. The second kappa shape index (κ2) is 8.57. The number of nitrogens with zero attached hydrogens (tertiary/aromatic N) is 2. The lowest BCUT2D eigenvalue weighted by Gasteiger charge is -2.21. The van der Waals surface area contributed by atoms with E-state index in [1.54, 1.807) is 0 Å². The molecule has 5 nitrogen and oxygen atoms in total. The van der Waals surface area contributed by atoms with E-state index in [-0.39, 0.29) is 11.4 Å². The van der Waals surface area contributed by atoms with E-state index in [1.807, 2.05) is 0 Å². The SMILES string of the molecule is O=C(CSc1nnc(NC2CCCCC2)s1)Nc1cc(F)ccc1F. The van der Waals surface area contributed by atoms with Crippen LogP contribution in [0.1, 0.15) is 32.1 Å². The molecule has 0 atom stereocenters. The summed E-state index contributed by atoms with van der Waals surface area (Å²) in [5, 5.41) is 14.6. The van der Waals surface area contributed by atoms with Gasteiger partial charge in [0.25, 0.3) is 0 Å². The summed E-state index contributed by atoms with van der Waals surface area (Å²) in [6.45, 7) is 0. The second-order valence-electron chi connectivity index (χ2n) is 5.81. The highest BCUT2D eigenvalue weighted by Crippen LogP contribution is 2.28. The van der Waals surface area contributed by atoms with Crippen LogP contribution in [0.5, 0.6) is 0 Å². The minimum atomic E-state index is -0.672. The molecule has 1 aromatic carbocycles. The quantitative estimate of drug-likeness (QED) is 0.727. The van der Waals surface area contributed by atoms with Crippen LogP contribution in [0.15, 0.2) is 22.5 Å². The van der Waals surface area contributed by atoms with Gasteiger partial charge in [0, 0.05) is 12.1 Å². The molecule has 1 aromatic heterocycles. The Morgan fingerprint density at radius 3 is 2.84 bits per heavy atom. The first-order valence-corrected chi connectivity index (χ1v) is 9.88. The maximum Gasteiger partial charge on any atom is 0.234 e. The lowest BCUT2D eigenvalue weighted by molar-refractivity contribution is -0.113. The van der Waals surface area contributed by atoms with Gasteiger partial charge in [0.2, 0.25) is 11.0 Å². The Morgan fingerprint density at radius 2 is 2.04 bits per heavy atom. The molecule has 1 aliphatic carbocycles. The van der Waals surface area contributed by atoms with Crippen molar-refractivity contribution in [2.75, 3.05) is 16.4 Å². The van der Waals surface area contributed by atoms with Gasteiger partial charge in [-0.25, -0.2) is 8.78 Å². The highest BCUT2D eigenvalue weighted by molar-refractivity contribution is 8.01. The van der Waals surface area contributed by atoms with Crippen LogP contribution >= 0.6 is 23.1 Å². The third-order valence-electron chi connectivity index (χ3n) is 3.87. The maximum absolute atomic E-state index is 13.5. The minimum absolute atomic E-state index is 0.0496. The minimum Gasteiger partial charge on any atom is -0.357 e. The standard InChI is InChI=1S/C16H18F2N4OS2/c17-10-6-7-12(18)13(8-10)20-14(23)9-24-16-22-21-15(25-16)19-11-4-2-1-3-5-11/h6-8,11H,1-5,9H2,(H,19,21)(H,20,23). The van der Waals surface area contributed by atoms with Crippen LogP contribution in [0.25, 0.3) is 0 Å². The topological polar surface area (TPSA) is 66.9 Å². The van der Waals surface area contributed by atoms with Crippen LogP contribution < -0.4 is 10.6 Å². The molecule has 1 amide bonds. The van der Waals surface area contributed by atoms with Crippen LogP contribution in [0, 0.1) is 11.6 Å². The zero-order valence-electron chi connectivity index (χ0n) is 13.4. The normalized spacial score (nSPS) is 15.1. The van der Waals surface area contributed by atoms with E-state index >= 15 is 0 Å². The smallest absolute Gasteiger partial charge is 0.234 e. The number of halogens is 2. The van der Waals surface area contributed by atoms with E-state index in [0.717, 1.165) is 36.2 Å². The molecule has 2 N–H and O–H groups in total. The Bertz CT molecular complexity index is 735. The zero-order chi connectivity index (χ0) is 17.6. The molecule has 0 bridgehead atoms. The maximum atomic E-state index is 13.5. The van der Waals surface area contributed by atoms with E-state index in [4.69, 9.17) is 0 Å². The third-order valence-corrected chi connectivity index (χ3v) is 5.86. The summed E-state index contributed by atoms with van der Waals surface area (Å²) >= 11 is 2.61. The second-order valence-corrected chi connectivity index (χ2v) is 8.01. The van der Waals surface area contributed by atoms with Crippen molar-refractivity contribution in [2.45, 2.75) is 42.5 Å². The van der Waals surface area contributed by atoms with E-state index in [0.29, 0.717) is 10.4 Å². The number of carbonyl (C=O) groups is 1. The molecular weight excluding hydrogens is 366 g/mol. The summed E-state index contributed by atoms with van der Waals surface area (Å²) in [5.74, 6) is -1.65. The van der Waals surface area contributed by atoms with Crippen LogP contribution in [0.3, 0.4) is 0 Å². The van der Waals surface area contributed by atoms with Gasteiger partial charge in [-0.3, -0.25) is 4.79 Å². The van der Waals surface area contributed by atoms with Crippen molar-refractivity contribution < 1.29 is 13.6 Å². The van der Waals surface area contributed by atoms with Crippen molar-refractivity contribution in [1.82, 2.24) is 10.2 Å². The van der Waals surface area contributed by atoms with Crippen molar-refractivity contribution >= 4 is 39.8 Å². The average Bonchev–Trinajstić information content (AvgIpc) is 3.05. The van der Waals surface area contributed by atoms with E-state index in [9.17, 15) is 13.6 Å². The Balaban J connectivity index is 1.48. The Morgan fingerprint density at radius 1 is 1.24 bits per heavy atom. The molecule has 1 saturated carbocycles. The highest BCUT2D eigenvalue weighted by Gasteiger charge is 2.16. The number of nitrogens with one attached hydrogen (secondary N) is 2. The molecule has 134 valence electrons. The number of thioether (sulfide) groups is 1. The van der Waals surface area contributed by atoms with Gasteiger partial charge in [0.1, 0.15) is 11.6 Å². The van der Waals surface area contributed by atoms with Crippen molar-refractivity contribution in [2.24, 2.45) is 0 Å². The summed E-state index contributed by atoms with van der Waals surface area (Å²) in [6, 6.07) is 3.38. The molecular formula is C16H18F2N4OS2. The Labute approximate surface area is 152 Å². The predicted molar refractivity (Wildman–Crippen MR) is 96.1 cm³/mol. The molecule has 1 fully saturated rings. The van der Waals surface area contributed by atoms with Gasteiger partial charge in [0.15, 0.2) is 4.34 Å². The van der Waals surface area contributed by atoms with E-state index in [2.05, 4.69) is 20.8 Å². The molecule has 0 spiro atoms. The number of carbonyl (C=O) groups excluding carboxylic acids is 1. The molecule has 1 aliphatic rings. The number of benzene rings is 1. The van der Waals surface area contributed by atoms with Crippen molar-refractivity contribution in [1.29, 1.82) is 0 Å². The van der Waals surface area contributed by atoms with Crippen LogP contribution in [-0.2, 0) is 4.79 Å². The lowest BCUT2D eigenvalue weighted by atomic mass is 9.96. The molecule has 0 aliphatic heterocycles. The van der Waals surface area contributed by atoms with Gasteiger partial charge in [-0.05, 0) is 25.0 Å². The van der Waals surface area contributed by atoms with Crippen molar-refractivity contribution in [3.8, 4) is 0 Å². The van der Waals surface area contributed by atoms with Gasteiger partial charge in [-0.2, -0.15) is 0 Å². The molecule has 0 radical (unpaired) electrons. The monoisotopic (exact) mass is 384 g/mol. The van der Waals surface area contributed by atoms with E-state index in [1.165, 1.54) is 42.4 Å². The highest BCUT2D eigenvalue weighted by atomic mass is 32.2. The summed E-state index contributed by atoms with van der Waals surface area (Å²) in [5.41, 5.74) is -0.164. The van der Waals surface area contributed by atoms with Gasteiger partial charge in [-0.15, -0.1) is 10.2 Å². The van der Waals surface area contributed by atoms with Gasteiger partial charge >= 0.3 is 0 Å². The molecule has 0 unspecified atom stereocenters. The summed E-state index contributed by atoms with van der Waals surface area (Å²) in [7, 11) is 0. The molecule has 1 heterocycles. The zero-order valence-corrected chi connectivity index (χ0v) is 15.1. The Hall–Kier alpha value is -1.74. The van der Waals surface area contributed by atoms with Crippen LogP contribution in [0.2, 0.25) is 0 Å². The molecule has 0 saturated heterocycles. The number of anilines is 2. The van der Waals surface area contributed by atoms with Crippen molar-refractivity contribution in [3.63, 3.8) is 0 Å². The molecule has 3 rings (SSSR count). The van der Waals surface area contributed by atoms with Crippen LogP contribution in [-0.4, -0.2) is 27.9 Å². The lowest BCUT2D eigenvalue weighted by Crippen LogP contribution is -2.21. The first-order valence-electron chi connectivity index (χ1n) is 8.08. The fourth-order valence-corrected chi connectivity index (χ4v) is 4.28. The molecule has 25 heavy (non-hydrogen) atoms. The first-order chi connectivity index (χ1) is 12.1. The first kappa shape index (κ1) is 18.1. The van der Waals surface area contributed by atoms with Gasteiger partial charge < -0.3 is 10.6 Å². The third kappa shape index (κ3) is 5.37. The number of amides is 1. The summed E-state index contributed by atoms with van der Waals surface area (Å²) in [6.07, 6.45) is 6.04. The number of hydrogen-bond donors (Lipinski definition) is 2. The number of aromatic nitrogens is 2. The summed E-state index contributed by atoms with van der Waals surface area (Å²) in [4.78, 5) is 11.9. The average molecular weight is 384 g/mol. The fraction of sp³-hybridized carbons (Fsp3) is 0.438. The van der Waals surface area contributed by atoms with E-state index < -0.39 is 17.5 Å². The number of rotatable bonds is 6. The fourth-order valence-electron chi connectivity index (χ4n) is 2.65. The summed E-state index contributed by atoms with van der Waals surface area (Å²) < 4.78 is 27.3. The predicted octanol–water partition coefficient (Wildman–Crippen LogP) is 4.29. The van der Waals surface area contributed by atoms with Gasteiger partial charge in [0.05, 0.1) is 11.4 Å². The Kier molecular flexibility index (Phi) is 6.19. The molecule has 9 heteroatoms. The van der Waals surface area contributed by atoms with Gasteiger partial charge in [-0.1, -0.05) is 42.4 Å². The molecule has 2 aromatic rings.